The highest BCUT2D eigenvalue weighted by molar-refractivity contribution is 7.01. The number of benzene rings is 18. The molecule has 18 aromatic rings. The van der Waals surface area contributed by atoms with Crippen LogP contribution in [0.25, 0.3) is 66.1 Å². The van der Waals surface area contributed by atoms with Crippen molar-refractivity contribution in [2.45, 2.75) is 38.5 Å². The van der Waals surface area contributed by atoms with Crippen LogP contribution in [0, 0.1) is 0 Å². The minimum Gasteiger partial charge on any atom is -0.458 e. The molecular formula is C110H78B2N4O2. The smallest absolute Gasteiger partial charge is 0.257 e. The molecular weight excluding hydrogens is 1430 g/mol. The van der Waals surface area contributed by atoms with E-state index in [0.29, 0.717) is 0 Å². The first kappa shape index (κ1) is 69.0. The Labute approximate surface area is 689 Å². The molecule has 4 aliphatic heterocycles. The average Bonchev–Trinajstić information content (AvgIpc) is 1.26. The van der Waals surface area contributed by atoms with Gasteiger partial charge in [-0.25, -0.2) is 0 Å². The molecule has 0 saturated carbocycles. The van der Waals surface area contributed by atoms with Crippen LogP contribution in [0.15, 0.2) is 400 Å². The van der Waals surface area contributed by atoms with E-state index in [1.54, 1.807) is 0 Å². The van der Waals surface area contributed by atoms with Gasteiger partial charge in [0.05, 0.1) is 0 Å². The molecule has 0 saturated heterocycles. The van der Waals surface area contributed by atoms with E-state index in [1.165, 1.54) is 132 Å². The van der Waals surface area contributed by atoms with Gasteiger partial charge in [0.1, 0.15) is 23.0 Å². The van der Waals surface area contributed by atoms with Gasteiger partial charge in [-0.15, -0.1) is 0 Å². The molecule has 0 radical (unpaired) electrons. The molecule has 24 rings (SSSR count). The van der Waals surface area contributed by atoms with Crippen LogP contribution in [0.4, 0.5) is 68.2 Å². The summed E-state index contributed by atoms with van der Waals surface area (Å²) in [6.07, 6.45) is 0. The lowest BCUT2D eigenvalue weighted by Gasteiger charge is -2.41. The first-order chi connectivity index (χ1) is 58.0. The Balaban J connectivity index is 0.000000139. The monoisotopic (exact) mass is 1510 g/mol. The van der Waals surface area contributed by atoms with Gasteiger partial charge in [0, 0.05) is 79.1 Å². The van der Waals surface area contributed by atoms with Gasteiger partial charge in [-0.3, -0.25) is 0 Å². The molecule has 0 N–H and O–H groups in total. The minimum absolute atomic E-state index is 0.00946. The van der Waals surface area contributed by atoms with Crippen LogP contribution in [0.2, 0.25) is 0 Å². The second-order valence-electron chi connectivity index (χ2n) is 33.0. The van der Waals surface area contributed by atoms with Crippen LogP contribution < -0.4 is 61.9 Å². The molecule has 0 unspecified atom stereocenters. The fourth-order valence-corrected chi connectivity index (χ4v) is 20.2. The van der Waals surface area contributed by atoms with E-state index >= 15 is 0 Å². The Morgan fingerprint density at radius 3 is 1.17 bits per heavy atom. The Kier molecular flexibility index (Phi) is 15.8. The van der Waals surface area contributed by atoms with Crippen LogP contribution >= 0.6 is 0 Å². The first-order valence-corrected chi connectivity index (χ1v) is 41.1. The van der Waals surface area contributed by atoms with Crippen molar-refractivity contribution in [1.29, 1.82) is 0 Å². The zero-order valence-corrected chi connectivity index (χ0v) is 65.9. The van der Waals surface area contributed by atoms with Crippen LogP contribution in [-0.4, -0.2) is 13.4 Å². The number of ether oxygens (including phenoxy) is 2. The van der Waals surface area contributed by atoms with Crippen molar-refractivity contribution in [3.8, 4) is 67.5 Å². The first-order valence-electron chi connectivity index (χ1n) is 41.1. The van der Waals surface area contributed by atoms with Gasteiger partial charge < -0.3 is 29.1 Å². The van der Waals surface area contributed by atoms with Crippen LogP contribution in [-0.2, 0) is 10.8 Å². The highest BCUT2D eigenvalue weighted by atomic mass is 16.5. The predicted octanol–water partition coefficient (Wildman–Crippen LogP) is 25.4. The van der Waals surface area contributed by atoms with Gasteiger partial charge >= 0.3 is 0 Å². The SMILES string of the molecule is CC1(C)c2cc(N(c3ccccc3)c3ccccc3)ccc2-c2cc3c(cc21)B1c2c(cccc2N(c2ccc4ccccc4c2)c2ccc4ccccc4c21)O3.CC1(C)c2cc(N(c3ccccc3)c3ccccc3)ccc2-c2cc3c(cc21)B1c2cc(-c4ccccc4)ccc2N(c2ccc(-c4ccccc4)cc2)c2cccc(c21)O3. The Morgan fingerprint density at radius 1 is 0.237 bits per heavy atom. The number of para-hydroxylation sites is 4. The molecule has 6 aliphatic rings. The number of anilines is 12. The lowest BCUT2D eigenvalue weighted by molar-refractivity contribution is 0.487. The number of nitrogens with zero attached hydrogens (tertiary/aromatic N) is 4. The summed E-state index contributed by atoms with van der Waals surface area (Å²) < 4.78 is 14.1. The molecule has 18 aromatic carbocycles. The highest BCUT2D eigenvalue weighted by Gasteiger charge is 2.48. The predicted molar refractivity (Wildman–Crippen MR) is 495 cm³/mol. The third-order valence-electron chi connectivity index (χ3n) is 25.7. The normalized spacial score (nSPS) is 13.8. The average molecular weight is 1510 g/mol. The summed E-state index contributed by atoms with van der Waals surface area (Å²) in [5, 5.41) is 4.97. The van der Waals surface area contributed by atoms with Crippen LogP contribution in [0.5, 0.6) is 23.0 Å². The van der Waals surface area contributed by atoms with Crippen molar-refractivity contribution in [3.63, 3.8) is 0 Å². The molecule has 0 spiro atoms. The lowest BCUT2D eigenvalue weighted by atomic mass is 9.33. The maximum atomic E-state index is 7.07. The maximum Gasteiger partial charge on any atom is 0.257 e. The fraction of sp³-hybridized carbons (Fsp3) is 0.0545. The van der Waals surface area contributed by atoms with Crippen LogP contribution in [0.1, 0.15) is 49.9 Å². The summed E-state index contributed by atoms with van der Waals surface area (Å²) in [6.45, 7) is 9.51. The zero-order chi connectivity index (χ0) is 78.5. The third kappa shape index (κ3) is 10.9. The van der Waals surface area contributed by atoms with Crippen molar-refractivity contribution in [3.05, 3.63) is 423 Å². The van der Waals surface area contributed by atoms with Gasteiger partial charge in [0.25, 0.3) is 13.4 Å². The highest BCUT2D eigenvalue weighted by Crippen LogP contribution is 2.56. The molecule has 4 heterocycles. The zero-order valence-electron chi connectivity index (χ0n) is 65.9. The van der Waals surface area contributed by atoms with Gasteiger partial charge in [0.15, 0.2) is 0 Å². The largest absolute Gasteiger partial charge is 0.458 e. The van der Waals surface area contributed by atoms with E-state index < -0.39 is 0 Å². The molecule has 0 amide bonds. The molecule has 556 valence electrons. The fourth-order valence-electron chi connectivity index (χ4n) is 20.2. The van der Waals surface area contributed by atoms with Crippen molar-refractivity contribution < 1.29 is 9.47 Å². The van der Waals surface area contributed by atoms with E-state index in [4.69, 9.17) is 9.47 Å². The summed E-state index contributed by atoms with van der Waals surface area (Å²) in [6, 6.07) is 146. The molecule has 0 atom stereocenters. The maximum absolute atomic E-state index is 7.07. The number of hydrogen-bond donors (Lipinski definition) is 0. The van der Waals surface area contributed by atoms with Crippen molar-refractivity contribution in [2.24, 2.45) is 0 Å². The van der Waals surface area contributed by atoms with Crippen molar-refractivity contribution in [2.75, 3.05) is 19.6 Å². The van der Waals surface area contributed by atoms with Gasteiger partial charge in [-0.2, -0.15) is 0 Å². The van der Waals surface area contributed by atoms with E-state index in [9.17, 15) is 0 Å². The second-order valence-corrected chi connectivity index (χ2v) is 33.0. The number of hydrogen-bond acceptors (Lipinski definition) is 6. The number of fused-ring (bicyclic) bond motifs is 17. The molecule has 0 bridgehead atoms. The summed E-state index contributed by atoms with van der Waals surface area (Å²) >= 11 is 0. The second kappa shape index (κ2) is 27.0. The van der Waals surface area contributed by atoms with Gasteiger partial charge in [0.2, 0.25) is 0 Å². The third-order valence-corrected chi connectivity index (χ3v) is 25.7. The standard InChI is InChI=1S/C57H41BN2O.C53H37BN2O/c1-57(2)48-35-45(59(42-20-11-5-12-21-42)43-22-13-6-14-23-43)31-32-46(48)47-36-55-51(37-49(47)57)58-50-34-41(39-18-9-4-10-19-39)28-33-52(50)60(53-24-15-25-54(61-55)56(53)58)44-29-26-40(27-30-44)38-16-7-3-8-17-38;1-53(2)44-31-40(55(37-17-5-3-6-18-37)38-19-7-4-8-20-38)27-28-42(44)43-32-50-46(33-45(43)53)54-51-41-21-12-11-15-35(41)25-29-48(51)56(47-22-13-23-49(57-50)52(47)54)39-26-24-34-14-9-10-16-36(34)30-39/h3-37H,1-2H3;3-33H,1-2H3. The Bertz CT molecular complexity index is 7000. The molecule has 8 heteroatoms. The summed E-state index contributed by atoms with van der Waals surface area (Å²) in [5.41, 5.74) is 35.9. The van der Waals surface area contributed by atoms with Crippen molar-refractivity contribution in [1.82, 2.24) is 0 Å². The number of rotatable bonds is 10. The Morgan fingerprint density at radius 2 is 0.636 bits per heavy atom. The van der Waals surface area contributed by atoms with E-state index in [0.717, 1.165) is 79.9 Å². The van der Waals surface area contributed by atoms with Crippen molar-refractivity contribution >= 4 is 136 Å². The quantitative estimate of drug-likeness (QED) is 0.127. The molecule has 118 heavy (non-hydrogen) atoms. The summed E-state index contributed by atoms with van der Waals surface area (Å²) in [5.74, 6) is 3.69. The molecule has 6 nitrogen and oxygen atoms in total. The molecule has 0 fully saturated rings. The topological polar surface area (TPSA) is 31.4 Å². The summed E-state index contributed by atoms with van der Waals surface area (Å²) in [4.78, 5) is 9.60. The van der Waals surface area contributed by atoms with Gasteiger partial charge in [-0.1, -0.05) is 282 Å². The molecule has 0 aromatic heterocycles. The van der Waals surface area contributed by atoms with E-state index in [2.05, 4.69) is 448 Å². The summed E-state index contributed by atoms with van der Waals surface area (Å²) in [7, 11) is 0. The minimum atomic E-state index is -0.259. The van der Waals surface area contributed by atoms with Crippen LogP contribution in [0.3, 0.4) is 0 Å². The van der Waals surface area contributed by atoms with Gasteiger partial charge in [-0.05, 0) is 267 Å². The van der Waals surface area contributed by atoms with E-state index in [1.807, 2.05) is 0 Å². The van der Waals surface area contributed by atoms with E-state index in [-0.39, 0.29) is 24.3 Å². The Hall–Kier alpha value is -14.6. The molecule has 2 aliphatic carbocycles. The lowest BCUT2D eigenvalue weighted by Crippen LogP contribution is -2.59.